The molecule has 6 nitrogen and oxygen atoms in total. The summed E-state index contributed by atoms with van der Waals surface area (Å²) in [7, 11) is -3.58. The third-order valence-corrected chi connectivity index (χ3v) is 6.31. The van der Waals surface area contributed by atoms with Crippen molar-refractivity contribution in [2.45, 2.75) is 11.8 Å². The van der Waals surface area contributed by atoms with Gasteiger partial charge >= 0.3 is 0 Å². The highest BCUT2D eigenvalue weighted by Crippen LogP contribution is 2.25. The summed E-state index contributed by atoms with van der Waals surface area (Å²) in [6.45, 7) is 6.71. The predicted molar refractivity (Wildman–Crippen MR) is 96.7 cm³/mol. The summed E-state index contributed by atoms with van der Waals surface area (Å²) in [4.78, 5) is 7.92. The van der Waals surface area contributed by atoms with Crippen molar-refractivity contribution in [3.05, 3.63) is 40.8 Å². The topological polar surface area (TPSA) is 71.0 Å². The van der Waals surface area contributed by atoms with E-state index in [1.54, 1.807) is 24.3 Å². The standard InChI is InChI=1S/C16H21N3O3S2/c1-13-2-4-15(5-3-13)24(20,21)18-16-17-12-14(23-16)6-7-19-8-10-22-11-9-19/h2-6H,7-12H2,1H3,(H,17,18)/b14-6-. The van der Waals surface area contributed by atoms with E-state index in [1.807, 2.05) is 6.92 Å². The first-order valence-electron chi connectivity index (χ1n) is 7.84. The molecule has 1 N–H and O–H groups in total. The number of morpholine rings is 1. The van der Waals surface area contributed by atoms with Gasteiger partial charge in [-0.2, -0.15) is 0 Å². The van der Waals surface area contributed by atoms with E-state index in [9.17, 15) is 8.42 Å². The number of benzene rings is 1. The van der Waals surface area contributed by atoms with Gasteiger partial charge in [-0.3, -0.25) is 14.6 Å². The molecule has 0 saturated carbocycles. The number of sulfonamides is 1. The maximum Gasteiger partial charge on any atom is 0.263 e. The Morgan fingerprint density at radius 3 is 2.71 bits per heavy atom. The highest BCUT2D eigenvalue weighted by atomic mass is 32.2. The van der Waals surface area contributed by atoms with Crippen LogP contribution < -0.4 is 4.72 Å². The van der Waals surface area contributed by atoms with Crippen LogP contribution in [0.2, 0.25) is 0 Å². The Hall–Kier alpha value is -1.35. The first kappa shape index (κ1) is 17.5. The first-order valence-corrected chi connectivity index (χ1v) is 10.1. The summed E-state index contributed by atoms with van der Waals surface area (Å²) in [5, 5.41) is 0.434. The van der Waals surface area contributed by atoms with Crippen molar-refractivity contribution in [2.24, 2.45) is 4.99 Å². The fraction of sp³-hybridized carbons (Fsp3) is 0.438. The molecule has 8 heteroatoms. The zero-order valence-electron chi connectivity index (χ0n) is 13.6. The second kappa shape index (κ2) is 7.69. The molecule has 1 aromatic carbocycles. The molecule has 0 aromatic heterocycles. The number of amidine groups is 1. The maximum absolute atomic E-state index is 12.4. The zero-order valence-corrected chi connectivity index (χ0v) is 15.2. The molecule has 24 heavy (non-hydrogen) atoms. The van der Waals surface area contributed by atoms with E-state index in [0.29, 0.717) is 11.7 Å². The monoisotopic (exact) mass is 367 g/mol. The van der Waals surface area contributed by atoms with E-state index in [1.165, 1.54) is 11.8 Å². The molecule has 0 bridgehead atoms. The molecule has 1 fully saturated rings. The maximum atomic E-state index is 12.4. The molecule has 2 aliphatic heterocycles. The smallest absolute Gasteiger partial charge is 0.263 e. The van der Waals surface area contributed by atoms with Crippen molar-refractivity contribution >= 4 is 27.0 Å². The van der Waals surface area contributed by atoms with E-state index < -0.39 is 10.0 Å². The van der Waals surface area contributed by atoms with E-state index in [0.717, 1.165) is 43.3 Å². The lowest BCUT2D eigenvalue weighted by Gasteiger charge is -2.25. The lowest BCUT2D eigenvalue weighted by molar-refractivity contribution is 0.0434. The Balaban J connectivity index is 1.56. The van der Waals surface area contributed by atoms with Gasteiger partial charge in [0.1, 0.15) is 0 Å². The van der Waals surface area contributed by atoms with Crippen molar-refractivity contribution in [3.8, 4) is 0 Å². The van der Waals surface area contributed by atoms with Crippen molar-refractivity contribution in [2.75, 3.05) is 39.4 Å². The molecule has 2 heterocycles. The Kier molecular flexibility index (Phi) is 5.60. The number of nitrogens with one attached hydrogen (secondary N) is 1. The van der Waals surface area contributed by atoms with Crippen LogP contribution in [0.4, 0.5) is 0 Å². The fourth-order valence-electron chi connectivity index (χ4n) is 2.40. The third-order valence-electron chi connectivity index (χ3n) is 3.84. The summed E-state index contributed by atoms with van der Waals surface area (Å²) in [6.07, 6.45) is 2.12. The second-order valence-corrected chi connectivity index (χ2v) is 8.52. The van der Waals surface area contributed by atoms with Crippen LogP contribution in [-0.2, 0) is 14.8 Å². The highest BCUT2D eigenvalue weighted by molar-refractivity contribution is 8.18. The molecule has 0 radical (unpaired) electrons. The Labute approximate surface area is 147 Å². The number of rotatable bonds is 4. The molecule has 0 unspecified atom stereocenters. The quantitative estimate of drug-likeness (QED) is 0.875. The van der Waals surface area contributed by atoms with Crippen LogP contribution in [0, 0.1) is 6.92 Å². The fourth-order valence-corrected chi connectivity index (χ4v) is 4.47. The van der Waals surface area contributed by atoms with Crippen molar-refractivity contribution in [1.82, 2.24) is 9.62 Å². The SMILES string of the molecule is Cc1ccc(S(=O)(=O)NC2=NC/C(=C/CN3CCOCC3)S2)cc1. The minimum atomic E-state index is -3.58. The van der Waals surface area contributed by atoms with E-state index in [2.05, 4.69) is 20.7 Å². The lowest BCUT2D eigenvalue weighted by atomic mass is 10.2. The molecule has 3 rings (SSSR count). The predicted octanol–water partition coefficient (Wildman–Crippen LogP) is 1.59. The van der Waals surface area contributed by atoms with E-state index in [-0.39, 0.29) is 4.90 Å². The van der Waals surface area contributed by atoms with Crippen molar-refractivity contribution < 1.29 is 13.2 Å². The Morgan fingerprint density at radius 2 is 2.00 bits per heavy atom. The largest absolute Gasteiger partial charge is 0.379 e. The van der Waals surface area contributed by atoms with Crippen LogP contribution in [0.3, 0.4) is 0 Å². The number of aliphatic imine (C=N–C) groups is 1. The lowest BCUT2D eigenvalue weighted by Crippen LogP contribution is -2.36. The van der Waals surface area contributed by atoms with Gasteiger partial charge in [-0.05, 0) is 19.1 Å². The zero-order chi connectivity index (χ0) is 17.0. The van der Waals surface area contributed by atoms with Crippen LogP contribution in [0.1, 0.15) is 5.56 Å². The summed E-state index contributed by atoms with van der Waals surface area (Å²) < 4.78 is 32.6. The van der Waals surface area contributed by atoms with Gasteiger partial charge in [0.25, 0.3) is 10.0 Å². The van der Waals surface area contributed by atoms with Crippen LogP contribution in [-0.4, -0.2) is 57.9 Å². The van der Waals surface area contributed by atoms with Gasteiger partial charge in [-0.1, -0.05) is 35.5 Å². The van der Waals surface area contributed by atoms with Gasteiger partial charge in [-0.25, -0.2) is 8.42 Å². The number of aryl methyl sites for hydroxylation is 1. The number of hydrogen-bond donors (Lipinski definition) is 1. The van der Waals surface area contributed by atoms with Crippen LogP contribution in [0.5, 0.6) is 0 Å². The van der Waals surface area contributed by atoms with E-state index >= 15 is 0 Å². The highest BCUT2D eigenvalue weighted by Gasteiger charge is 2.21. The number of thioether (sulfide) groups is 1. The first-order chi connectivity index (χ1) is 11.5. The van der Waals surface area contributed by atoms with E-state index in [4.69, 9.17) is 4.74 Å². The summed E-state index contributed by atoms with van der Waals surface area (Å²) >= 11 is 1.39. The summed E-state index contributed by atoms with van der Waals surface area (Å²) in [6, 6.07) is 6.78. The van der Waals surface area contributed by atoms with Crippen LogP contribution in [0.25, 0.3) is 0 Å². The van der Waals surface area contributed by atoms with Gasteiger partial charge in [-0.15, -0.1) is 0 Å². The number of hydrogen-bond acceptors (Lipinski definition) is 6. The normalized spacial score (nSPS) is 21.0. The van der Waals surface area contributed by atoms with Gasteiger partial charge in [0.2, 0.25) is 0 Å². The number of ether oxygens (including phenoxy) is 1. The summed E-state index contributed by atoms with van der Waals surface area (Å²) in [5.74, 6) is 0. The minimum Gasteiger partial charge on any atom is -0.379 e. The molecule has 1 saturated heterocycles. The van der Waals surface area contributed by atoms with Gasteiger partial charge in [0.15, 0.2) is 5.17 Å². The molecule has 0 atom stereocenters. The minimum absolute atomic E-state index is 0.252. The Bertz CT molecular complexity index is 736. The Morgan fingerprint density at radius 1 is 1.29 bits per heavy atom. The van der Waals surface area contributed by atoms with Gasteiger partial charge < -0.3 is 4.74 Å². The van der Waals surface area contributed by atoms with Crippen molar-refractivity contribution in [1.29, 1.82) is 0 Å². The molecule has 130 valence electrons. The molecular formula is C16H21N3O3S2. The molecular weight excluding hydrogens is 346 g/mol. The van der Waals surface area contributed by atoms with Crippen molar-refractivity contribution in [3.63, 3.8) is 0 Å². The van der Waals surface area contributed by atoms with Gasteiger partial charge in [0, 0.05) is 24.5 Å². The molecule has 0 amide bonds. The molecule has 0 aliphatic carbocycles. The van der Waals surface area contributed by atoms with Gasteiger partial charge in [0.05, 0.1) is 24.7 Å². The van der Waals surface area contributed by atoms with Crippen LogP contribution >= 0.6 is 11.8 Å². The molecule has 0 spiro atoms. The average molecular weight is 367 g/mol. The molecule has 2 aliphatic rings. The second-order valence-electron chi connectivity index (χ2n) is 5.73. The van der Waals surface area contributed by atoms with Crippen LogP contribution in [0.15, 0.2) is 45.1 Å². The number of nitrogens with zero attached hydrogens (tertiary/aromatic N) is 2. The summed E-state index contributed by atoms with van der Waals surface area (Å²) in [5.41, 5.74) is 1.02. The average Bonchev–Trinajstić information content (AvgIpc) is 3.01. The third kappa shape index (κ3) is 4.60. The molecule has 1 aromatic rings.